The lowest BCUT2D eigenvalue weighted by atomic mass is 10.0. The molecule has 0 radical (unpaired) electrons. The molecule has 6 heteroatoms. The van der Waals surface area contributed by atoms with Gasteiger partial charge in [0.2, 0.25) is 12.7 Å². The third-order valence-corrected chi connectivity index (χ3v) is 4.04. The molecule has 2 aromatic rings. The fourth-order valence-electron chi connectivity index (χ4n) is 2.78. The van der Waals surface area contributed by atoms with Crippen molar-refractivity contribution in [2.75, 3.05) is 6.79 Å². The van der Waals surface area contributed by atoms with Crippen LogP contribution in [0.4, 0.5) is 4.39 Å². The monoisotopic (exact) mass is 345 g/mol. The highest BCUT2D eigenvalue weighted by Crippen LogP contribution is 2.32. The molecule has 1 aliphatic heterocycles. The maximum atomic E-state index is 12.9. The minimum atomic E-state index is -0.763. The SMILES string of the molecule is CC(CC(O)c1ccc(F)cc1)NC(=O)Cc1ccc2c(c1)OCO2. The molecule has 0 aliphatic carbocycles. The van der Waals surface area contributed by atoms with Gasteiger partial charge in [0.15, 0.2) is 11.5 Å². The van der Waals surface area contributed by atoms with Gasteiger partial charge in [-0.25, -0.2) is 4.39 Å². The van der Waals surface area contributed by atoms with Crippen molar-refractivity contribution in [3.8, 4) is 11.5 Å². The molecule has 1 heterocycles. The average Bonchev–Trinajstić information content (AvgIpc) is 3.02. The molecule has 2 N–H and O–H groups in total. The van der Waals surface area contributed by atoms with Crippen LogP contribution in [-0.2, 0) is 11.2 Å². The molecule has 0 saturated carbocycles. The highest BCUT2D eigenvalue weighted by Gasteiger charge is 2.17. The van der Waals surface area contributed by atoms with E-state index < -0.39 is 6.10 Å². The van der Waals surface area contributed by atoms with Crippen molar-refractivity contribution in [1.29, 1.82) is 0 Å². The predicted octanol–water partition coefficient (Wildman–Crippen LogP) is 2.73. The number of halogens is 1. The fraction of sp³-hybridized carbons (Fsp3) is 0.316. The first-order chi connectivity index (χ1) is 12.0. The largest absolute Gasteiger partial charge is 0.454 e. The molecule has 132 valence electrons. The van der Waals surface area contributed by atoms with Gasteiger partial charge in [-0.3, -0.25) is 4.79 Å². The summed E-state index contributed by atoms with van der Waals surface area (Å²) in [7, 11) is 0. The number of benzene rings is 2. The molecule has 2 atom stereocenters. The van der Waals surface area contributed by atoms with E-state index in [0.29, 0.717) is 23.5 Å². The summed E-state index contributed by atoms with van der Waals surface area (Å²) in [4.78, 5) is 12.2. The number of aliphatic hydroxyl groups is 1. The molecule has 3 rings (SSSR count). The fourth-order valence-corrected chi connectivity index (χ4v) is 2.78. The van der Waals surface area contributed by atoms with Crippen LogP contribution in [0.1, 0.15) is 30.6 Å². The first-order valence-corrected chi connectivity index (χ1v) is 8.12. The normalized spacial score (nSPS) is 14.8. The first kappa shape index (κ1) is 17.2. The van der Waals surface area contributed by atoms with E-state index in [4.69, 9.17) is 9.47 Å². The summed E-state index contributed by atoms with van der Waals surface area (Å²) in [6, 6.07) is 10.9. The lowest BCUT2D eigenvalue weighted by Crippen LogP contribution is -2.34. The van der Waals surface area contributed by atoms with E-state index >= 15 is 0 Å². The molecule has 0 fully saturated rings. The molecular weight excluding hydrogens is 325 g/mol. The van der Waals surface area contributed by atoms with Crippen molar-refractivity contribution in [2.24, 2.45) is 0 Å². The molecule has 0 aromatic heterocycles. The van der Waals surface area contributed by atoms with Crippen LogP contribution in [0.2, 0.25) is 0 Å². The number of carbonyl (C=O) groups is 1. The summed E-state index contributed by atoms with van der Waals surface area (Å²) in [5.74, 6) is 0.837. The zero-order valence-electron chi connectivity index (χ0n) is 13.9. The van der Waals surface area contributed by atoms with Gasteiger partial charge in [0.1, 0.15) is 5.82 Å². The Bertz CT molecular complexity index is 748. The second kappa shape index (κ2) is 7.53. The smallest absolute Gasteiger partial charge is 0.231 e. The van der Waals surface area contributed by atoms with Crippen molar-refractivity contribution in [3.05, 3.63) is 59.4 Å². The van der Waals surface area contributed by atoms with Gasteiger partial charge in [0, 0.05) is 6.04 Å². The molecule has 0 saturated heterocycles. The third-order valence-electron chi connectivity index (χ3n) is 4.04. The number of fused-ring (bicyclic) bond motifs is 1. The van der Waals surface area contributed by atoms with Crippen LogP contribution < -0.4 is 14.8 Å². The predicted molar refractivity (Wildman–Crippen MR) is 89.9 cm³/mol. The van der Waals surface area contributed by atoms with Crippen LogP contribution in [-0.4, -0.2) is 23.8 Å². The van der Waals surface area contributed by atoms with Gasteiger partial charge in [-0.2, -0.15) is 0 Å². The van der Waals surface area contributed by atoms with Gasteiger partial charge >= 0.3 is 0 Å². The number of ether oxygens (including phenoxy) is 2. The maximum absolute atomic E-state index is 12.9. The van der Waals surface area contributed by atoms with Crippen LogP contribution in [0.25, 0.3) is 0 Å². The van der Waals surface area contributed by atoms with E-state index in [1.807, 2.05) is 13.0 Å². The second-order valence-electron chi connectivity index (χ2n) is 6.14. The van der Waals surface area contributed by atoms with E-state index in [1.54, 1.807) is 24.3 Å². The number of amides is 1. The Balaban J connectivity index is 1.51. The van der Waals surface area contributed by atoms with Crippen LogP contribution in [0, 0.1) is 5.82 Å². The Morgan fingerprint density at radius 2 is 1.92 bits per heavy atom. The van der Waals surface area contributed by atoms with E-state index in [-0.39, 0.29) is 31.0 Å². The Labute approximate surface area is 145 Å². The van der Waals surface area contributed by atoms with Gasteiger partial charge < -0.3 is 19.9 Å². The minimum absolute atomic E-state index is 0.141. The number of hydrogen-bond donors (Lipinski definition) is 2. The van der Waals surface area contributed by atoms with Gasteiger partial charge in [0.05, 0.1) is 12.5 Å². The zero-order chi connectivity index (χ0) is 17.8. The van der Waals surface area contributed by atoms with Gasteiger partial charge in [-0.1, -0.05) is 18.2 Å². The van der Waals surface area contributed by atoms with Crippen molar-refractivity contribution in [1.82, 2.24) is 5.32 Å². The topological polar surface area (TPSA) is 67.8 Å². The highest BCUT2D eigenvalue weighted by atomic mass is 19.1. The first-order valence-electron chi connectivity index (χ1n) is 8.12. The Hall–Kier alpha value is -2.60. The molecule has 5 nitrogen and oxygen atoms in total. The van der Waals surface area contributed by atoms with E-state index in [9.17, 15) is 14.3 Å². The highest BCUT2D eigenvalue weighted by molar-refractivity contribution is 5.79. The molecule has 2 unspecified atom stereocenters. The summed E-state index contributed by atoms with van der Waals surface area (Å²) >= 11 is 0. The summed E-state index contributed by atoms with van der Waals surface area (Å²) < 4.78 is 23.5. The quantitative estimate of drug-likeness (QED) is 0.845. The number of aliphatic hydroxyl groups excluding tert-OH is 1. The van der Waals surface area contributed by atoms with Crippen molar-refractivity contribution >= 4 is 5.91 Å². The summed E-state index contributed by atoms with van der Waals surface area (Å²) in [5, 5.41) is 13.0. The van der Waals surface area contributed by atoms with Gasteiger partial charge in [-0.15, -0.1) is 0 Å². The van der Waals surface area contributed by atoms with E-state index in [2.05, 4.69) is 5.32 Å². The lowest BCUT2D eigenvalue weighted by molar-refractivity contribution is -0.121. The van der Waals surface area contributed by atoms with E-state index in [1.165, 1.54) is 12.1 Å². The zero-order valence-corrected chi connectivity index (χ0v) is 13.9. The minimum Gasteiger partial charge on any atom is -0.454 e. The van der Waals surface area contributed by atoms with Crippen molar-refractivity contribution < 1.29 is 23.8 Å². The molecule has 2 aromatic carbocycles. The van der Waals surface area contributed by atoms with Crippen LogP contribution >= 0.6 is 0 Å². The molecule has 1 amide bonds. The number of nitrogens with one attached hydrogen (secondary N) is 1. The summed E-state index contributed by atoms with van der Waals surface area (Å²) in [5.41, 5.74) is 1.45. The maximum Gasteiger partial charge on any atom is 0.231 e. The van der Waals surface area contributed by atoms with Crippen LogP contribution in [0.15, 0.2) is 42.5 Å². The number of carbonyl (C=O) groups excluding carboxylic acids is 1. The molecule has 0 bridgehead atoms. The second-order valence-corrected chi connectivity index (χ2v) is 6.14. The number of hydrogen-bond acceptors (Lipinski definition) is 4. The Morgan fingerprint density at radius 3 is 2.68 bits per heavy atom. The van der Waals surface area contributed by atoms with Crippen LogP contribution in [0.5, 0.6) is 11.5 Å². The van der Waals surface area contributed by atoms with Gasteiger partial charge in [0.25, 0.3) is 0 Å². The Morgan fingerprint density at radius 1 is 1.20 bits per heavy atom. The lowest BCUT2D eigenvalue weighted by Gasteiger charge is -2.18. The van der Waals surface area contributed by atoms with Crippen LogP contribution in [0.3, 0.4) is 0 Å². The molecular formula is C19H20FNO4. The molecule has 1 aliphatic rings. The standard InChI is InChI=1S/C19H20FNO4/c1-12(8-16(22)14-3-5-15(20)6-4-14)21-19(23)10-13-2-7-17-18(9-13)25-11-24-17/h2-7,9,12,16,22H,8,10-11H2,1H3,(H,21,23). The molecule has 25 heavy (non-hydrogen) atoms. The number of rotatable bonds is 6. The summed E-state index contributed by atoms with van der Waals surface area (Å²) in [6.07, 6.45) is -0.201. The van der Waals surface area contributed by atoms with Crippen molar-refractivity contribution in [2.45, 2.75) is 31.9 Å². The van der Waals surface area contributed by atoms with Gasteiger partial charge in [-0.05, 0) is 48.7 Å². The van der Waals surface area contributed by atoms with E-state index in [0.717, 1.165) is 5.56 Å². The Kier molecular flexibility index (Phi) is 5.19. The molecule has 0 spiro atoms. The van der Waals surface area contributed by atoms with Crippen molar-refractivity contribution in [3.63, 3.8) is 0 Å². The summed E-state index contributed by atoms with van der Waals surface area (Å²) in [6.45, 7) is 2.02. The average molecular weight is 345 g/mol. The third kappa shape index (κ3) is 4.48.